The lowest BCUT2D eigenvalue weighted by Crippen LogP contribution is -2.30. The van der Waals surface area contributed by atoms with E-state index in [9.17, 15) is 9.59 Å². The fourth-order valence-corrected chi connectivity index (χ4v) is 4.02. The van der Waals surface area contributed by atoms with Gasteiger partial charge in [-0.15, -0.1) is 0 Å². The molecule has 1 heterocycles. The summed E-state index contributed by atoms with van der Waals surface area (Å²) in [6.07, 6.45) is 3.29. The molecule has 0 saturated heterocycles. The summed E-state index contributed by atoms with van der Waals surface area (Å²) in [4.78, 5) is 31.0. The molecule has 0 aliphatic heterocycles. The van der Waals surface area contributed by atoms with Crippen LogP contribution < -0.4 is 5.32 Å². The summed E-state index contributed by atoms with van der Waals surface area (Å²) >= 11 is 12.6. The molecule has 36 heavy (non-hydrogen) atoms. The third-order valence-corrected chi connectivity index (χ3v) is 5.87. The van der Waals surface area contributed by atoms with Crippen LogP contribution in [0.2, 0.25) is 10.0 Å². The number of furan rings is 1. The van der Waals surface area contributed by atoms with Gasteiger partial charge in [0.15, 0.2) is 0 Å². The Bertz CT molecular complexity index is 1380. The van der Waals surface area contributed by atoms with Crippen molar-refractivity contribution >= 4 is 52.6 Å². The van der Waals surface area contributed by atoms with Gasteiger partial charge in [0.05, 0.1) is 29.1 Å². The number of benzene rings is 3. The van der Waals surface area contributed by atoms with Crippen LogP contribution in [0.5, 0.6) is 0 Å². The number of aliphatic imine (C=N–C) groups is 1. The molecular formula is C28H23Cl2N3O3. The van der Waals surface area contributed by atoms with Gasteiger partial charge >= 0.3 is 0 Å². The minimum Gasteiger partial charge on any atom is -0.467 e. The van der Waals surface area contributed by atoms with Crippen molar-refractivity contribution in [1.29, 1.82) is 0 Å². The number of halogens is 2. The molecule has 4 aromatic rings. The Morgan fingerprint density at radius 1 is 0.972 bits per heavy atom. The smallest absolute Gasteiger partial charge is 0.256 e. The first-order valence-electron chi connectivity index (χ1n) is 11.2. The van der Waals surface area contributed by atoms with E-state index >= 15 is 0 Å². The molecule has 0 spiro atoms. The predicted molar refractivity (Wildman–Crippen MR) is 143 cm³/mol. The summed E-state index contributed by atoms with van der Waals surface area (Å²) in [7, 11) is 0. The first-order valence-corrected chi connectivity index (χ1v) is 11.9. The van der Waals surface area contributed by atoms with Crippen molar-refractivity contribution in [3.05, 3.63) is 118 Å². The lowest BCUT2D eigenvalue weighted by Gasteiger charge is -2.23. The Hall–Kier alpha value is -3.87. The van der Waals surface area contributed by atoms with E-state index in [1.165, 1.54) is 6.92 Å². The molecule has 0 fully saturated rings. The van der Waals surface area contributed by atoms with Gasteiger partial charge in [0.25, 0.3) is 5.91 Å². The molecule has 0 saturated carbocycles. The van der Waals surface area contributed by atoms with Crippen LogP contribution in [0.3, 0.4) is 0 Å². The number of rotatable bonds is 8. The Morgan fingerprint density at radius 3 is 2.44 bits per heavy atom. The molecule has 182 valence electrons. The molecule has 6 nitrogen and oxygen atoms in total. The van der Waals surface area contributed by atoms with Crippen molar-refractivity contribution in [3.63, 3.8) is 0 Å². The number of carbonyl (C=O) groups is 2. The maximum absolute atomic E-state index is 13.5. The zero-order valence-corrected chi connectivity index (χ0v) is 21.0. The molecule has 4 rings (SSSR count). The van der Waals surface area contributed by atoms with Gasteiger partial charge in [-0.25, -0.2) is 0 Å². The molecular weight excluding hydrogens is 497 g/mol. The zero-order chi connectivity index (χ0) is 25.5. The van der Waals surface area contributed by atoms with Crippen LogP contribution in [-0.4, -0.2) is 22.9 Å². The first-order chi connectivity index (χ1) is 17.4. The Balaban J connectivity index is 1.62. The molecule has 0 unspecified atom stereocenters. The maximum Gasteiger partial charge on any atom is 0.256 e. The largest absolute Gasteiger partial charge is 0.467 e. The summed E-state index contributed by atoms with van der Waals surface area (Å²) in [5, 5.41) is 3.64. The minimum atomic E-state index is -0.236. The standard InChI is InChI=1S/C28H23Cl2N3O3/c1-19(34)32-23-11-8-20(9-12-23)16-31-27-13-10-22(29)15-21(27)17-33(18-24-5-4-14-36-24)28(35)25-6-2-3-7-26(25)30/h2-16H,17-18H2,1H3,(H,32,34). The Morgan fingerprint density at radius 2 is 1.75 bits per heavy atom. The minimum absolute atomic E-state index is 0.132. The summed E-state index contributed by atoms with van der Waals surface area (Å²) in [6, 6.07) is 23.2. The molecule has 0 atom stereocenters. The van der Waals surface area contributed by atoms with Gasteiger partial charge in [-0.2, -0.15) is 0 Å². The van der Waals surface area contributed by atoms with E-state index in [2.05, 4.69) is 10.3 Å². The number of anilines is 1. The van der Waals surface area contributed by atoms with Gasteiger partial charge < -0.3 is 14.6 Å². The SMILES string of the molecule is CC(=O)Nc1ccc(C=Nc2ccc(Cl)cc2CN(Cc2ccco2)C(=O)c2ccccc2Cl)cc1. The summed E-state index contributed by atoms with van der Waals surface area (Å²) < 4.78 is 5.50. The highest BCUT2D eigenvalue weighted by molar-refractivity contribution is 6.33. The fraction of sp³-hybridized carbons (Fsp3) is 0.107. The van der Waals surface area contributed by atoms with Crippen molar-refractivity contribution in [2.75, 3.05) is 5.32 Å². The van der Waals surface area contributed by atoms with E-state index < -0.39 is 0 Å². The maximum atomic E-state index is 13.5. The fourth-order valence-electron chi connectivity index (χ4n) is 3.61. The third-order valence-electron chi connectivity index (χ3n) is 5.30. The van der Waals surface area contributed by atoms with Gasteiger partial charge in [-0.05, 0) is 65.7 Å². The van der Waals surface area contributed by atoms with Crippen molar-refractivity contribution in [2.45, 2.75) is 20.0 Å². The first kappa shape index (κ1) is 25.2. The van der Waals surface area contributed by atoms with Crippen molar-refractivity contribution in [1.82, 2.24) is 4.90 Å². The molecule has 1 N–H and O–H groups in total. The van der Waals surface area contributed by atoms with Crippen LogP contribution in [0.4, 0.5) is 11.4 Å². The average molecular weight is 520 g/mol. The van der Waals surface area contributed by atoms with Crippen LogP contribution in [0.25, 0.3) is 0 Å². The summed E-state index contributed by atoms with van der Waals surface area (Å²) in [5.74, 6) is 0.273. The average Bonchev–Trinajstić information content (AvgIpc) is 3.37. The number of carbonyl (C=O) groups excluding carboxylic acids is 2. The number of amides is 2. The van der Waals surface area contributed by atoms with E-state index in [1.54, 1.807) is 72.0 Å². The molecule has 0 aliphatic carbocycles. The number of hydrogen-bond donors (Lipinski definition) is 1. The monoisotopic (exact) mass is 519 g/mol. The van der Waals surface area contributed by atoms with Crippen molar-refractivity contribution in [3.8, 4) is 0 Å². The molecule has 3 aromatic carbocycles. The molecule has 1 aromatic heterocycles. The number of hydrogen-bond acceptors (Lipinski definition) is 4. The van der Waals surface area contributed by atoms with Crippen LogP contribution in [-0.2, 0) is 17.9 Å². The van der Waals surface area contributed by atoms with Gasteiger partial charge in [-0.3, -0.25) is 14.6 Å². The highest BCUT2D eigenvalue weighted by atomic mass is 35.5. The second-order valence-corrected chi connectivity index (χ2v) is 8.90. The van der Waals surface area contributed by atoms with Crippen molar-refractivity contribution in [2.24, 2.45) is 4.99 Å². The summed E-state index contributed by atoms with van der Waals surface area (Å²) in [5.41, 5.74) is 3.39. The molecule has 8 heteroatoms. The van der Waals surface area contributed by atoms with Crippen LogP contribution in [0.15, 0.2) is 94.5 Å². The third kappa shape index (κ3) is 6.62. The van der Waals surface area contributed by atoms with Crippen LogP contribution >= 0.6 is 23.2 Å². The van der Waals surface area contributed by atoms with Crippen molar-refractivity contribution < 1.29 is 14.0 Å². The highest BCUT2D eigenvalue weighted by Gasteiger charge is 2.21. The lowest BCUT2D eigenvalue weighted by molar-refractivity contribution is -0.114. The number of nitrogens with one attached hydrogen (secondary N) is 1. The van der Waals surface area contributed by atoms with Crippen LogP contribution in [0, 0.1) is 0 Å². The number of nitrogens with zero attached hydrogens (tertiary/aromatic N) is 2. The van der Waals surface area contributed by atoms with Gasteiger partial charge in [0.1, 0.15) is 5.76 Å². The normalized spacial score (nSPS) is 11.0. The van der Waals surface area contributed by atoms with E-state index in [4.69, 9.17) is 27.6 Å². The summed E-state index contributed by atoms with van der Waals surface area (Å²) in [6.45, 7) is 1.94. The van der Waals surface area contributed by atoms with E-state index in [1.807, 2.05) is 24.3 Å². The van der Waals surface area contributed by atoms with E-state index in [0.717, 1.165) is 11.1 Å². The quantitative estimate of drug-likeness (QED) is 0.251. The van der Waals surface area contributed by atoms with E-state index in [0.29, 0.717) is 32.7 Å². The second kappa shape index (κ2) is 11.7. The molecule has 2 amide bonds. The predicted octanol–water partition coefficient (Wildman–Crippen LogP) is 7.14. The molecule has 0 radical (unpaired) electrons. The Labute approximate surface area is 219 Å². The van der Waals surface area contributed by atoms with Gasteiger partial charge in [-0.1, -0.05) is 47.5 Å². The highest BCUT2D eigenvalue weighted by Crippen LogP contribution is 2.27. The molecule has 0 aliphatic rings. The topological polar surface area (TPSA) is 74.9 Å². The van der Waals surface area contributed by atoms with Gasteiger partial charge in [0.2, 0.25) is 5.91 Å². The van der Waals surface area contributed by atoms with E-state index in [-0.39, 0.29) is 24.9 Å². The Kier molecular flexibility index (Phi) is 8.21. The van der Waals surface area contributed by atoms with Gasteiger partial charge in [0, 0.05) is 30.4 Å². The zero-order valence-electron chi connectivity index (χ0n) is 19.4. The molecule has 0 bridgehead atoms. The second-order valence-electron chi connectivity index (χ2n) is 8.05. The lowest BCUT2D eigenvalue weighted by atomic mass is 10.1. The van der Waals surface area contributed by atoms with Crippen LogP contribution in [0.1, 0.15) is 34.2 Å².